The number of guanidine groups is 1. The fourth-order valence-corrected chi connectivity index (χ4v) is 4.42. The van der Waals surface area contributed by atoms with Crippen LogP contribution < -0.4 is 10.6 Å². The maximum Gasteiger partial charge on any atom is 0.222 e. The number of ether oxygens (including phenoxy) is 1. The van der Waals surface area contributed by atoms with Gasteiger partial charge in [-0.05, 0) is 44.6 Å². The third-order valence-electron chi connectivity index (χ3n) is 6.29. The number of rotatable bonds is 8. The van der Waals surface area contributed by atoms with Gasteiger partial charge in [-0.3, -0.25) is 9.79 Å². The van der Waals surface area contributed by atoms with Gasteiger partial charge in [0.2, 0.25) is 5.91 Å². The highest BCUT2D eigenvalue weighted by Crippen LogP contribution is 2.35. The van der Waals surface area contributed by atoms with Crippen molar-refractivity contribution in [2.75, 3.05) is 45.9 Å². The first-order valence-corrected chi connectivity index (χ1v) is 11.7. The minimum atomic E-state index is 0.0420. The van der Waals surface area contributed by atoms with Gasteiger partial charge in [-0.25, -0.2) is 0 Å². The topological polar surface area (TPSA) is 66.0 Å². The third-order valence-corrected chi connectivity index (χ3v) is 6.29. The molecule has 0 saturated carbocycles. The smallest absolute Gasteiger partial charge is 0.222 e. The molecule has 2 aliphatic rings. The number of hydrogen-bond donors (Lipinski definition) is 2. The van der Waals surface area contributed by atoms with Crippen LogP contribution >= 0.6 is 0 Å². The molecule has 30 heavy (non-hydrogen) atoms. The maximum absolute atomic E-state index is 12.2. The molecule has 0 unspecified atom stereocenters. The average Bonchev–Trinajstić information content (AvgIpc) is 3.00. The first kappa shape index (κ1) is 22.6. The van der Waals surface area contributed by atoms with Crippen LogP contribution in [0.4, 0.5) is 0 Å². The highest BCUT2D eigenvalue weighted by molar-refractivity contribution is 5.79. The van der Waals surface area contributed by atoms with Crippen molar-refractivity contribution in [3.05, 3.63) is 35.9 Å². The monoisotopic (exact) mass is 414 g/mol. The van der Waals surface area contributed by atoms with E-state index in [0.717, 1.165) is 84.0 Å². The predicted molar refractivity (Wildman–Crippen MR) is 122 cm³/mol. The Balaban J connectivity index is 1.55. The number of carbonyl (C=O) groups is 1. The van der Waals surface area contributed by atoms with Crippen LogP contribution in [0.15, 0.2) is 35.3 Å². The lowest BCUT2D eigenvalue weighted by Gasteiger charge is -2.36. The van der Waals surface area contributed by atoms with Gasteiger partial charge >= 0.3 is 0 Å². The molecule has 0 bridgehead atoms. The summed E-state index contributed by atoms with van der Waals surface area (Å²) >= 11 is 0. The van der Waals surface area contributed by atoms with Gasteiger partial charge < -0.3 is 20.3 Å². The molecule has 2 heterocycles. The summed E-state index contributed by atoms with van der Waals surface area (Å²) in [7, 11) is 0. The number of nitrogens with one attached hydrogen (secondary N) is 2. The maximum atomic E-state index is 12.2. The van der Waals surface area contributed by atoms with E-state index in [1.165, 1.54) is 12.0 Å². The molecule has 6 heteroatoms. The van der Waals surface area contributed by atoms with Crippen LogP contribution in [0.25, 0.3) is 0 Å². The van der Waals surface area contributed by atoms with Gasteiger partial charge in [-0.2, -0.15) is 0 Å². The van der Waals surface area contributed by atoms with Crippen molar-refractivity contribution in [2.24, 2.45) is 4.99 Å². The molecule has 1 aromatic carbocycles. The number of nitrogens with zero attached hydrogens (tertiary/aromatic N) is 2. The Kier molecular flexibility index (Phi) is 9.00. The molecule has 2 fully saturated rings. The number of benzene rings is 1. The van der Waals surface area contributed by atoms with Crippen molar-refractivity contribution in [3.8, 4) is 0 Å². The van der Waals surface area contributed by atoms with Gasteiger partial charge in [0.1, 0.15) is 0 Å². The van der Waals surface area contributed by atoms with Crippen LogP contribution in [0.5, 0.6) is 0 Å². The van der Waals surface area contributed by atoms with Crippen molar-refractivity contribution in [2.45, 2.75) is 57.3 Å². The van der Waals surface area contributed by atoms with Crippen molar-refractivity contribution in [1.82, 2.24) is 15.5 Å². The van der Waals surface area contributed by atoms with E-state index in [0.29, 0.717) is 12.3 Å². The number of aliphatic imine (C=N–C) groups is 1. The molecule has 0 atom stereocenters. The minimum Gasteiger partial charge on any atom is -0.381 e. The molecule has 0 spiro atoms. The summed E-state index contributed by atoms with van der Waals surface area (Å²) in [6, 6.07) is 10.7. The highest BCUT2D eigenvalue weighted by atomic mass is 16.5. The van der Waals surface area contributed by atoms with Crippen LogP contribution in [0, 0.1) is 0 Å². The molecule has 2 N–H and O–H groups in total. The molecule has 6 nitrogen and oxygen atoms in total. The van der Waals surface area contributed by atoms with Crippen molar-refractivity contribution < 1.29 is 9.53 Å². The van der Waals surface area contributed by atoms with Crippen LogP contribution in [0.2, 0.25) is 0 Å². The van der Waals surface area contributed by atoms with Crippen LogP contribution in [-0.2, 0) is 14.9 Å². The third kappa shape index (κ3) is 6.46. The SMILES string of the molecule is CCNC(=NCC1(c2ccccc2)CCOCC1)NCCCN1CCCCCC1=O. The second-order valence-corrected chi connectivity index (χ2v) is 8.43. The van der Waals surface area contributed by atoms with Gasteiger partial charge in [0.25, 0.3) is 0 Å². The zero-order chi connectivity index (χ0) is 21.1. The Morgan fingerprint density at radius 3 is 2.70 bits per heavy atom. The standard InChI is InChI=1S/C24H38N4O2/c1-2-25-23(26-15-9-17-28-16-8-4-7-12-22(28)29)27-20-24(13-18-30-19-14-24)21-10-5-3-6-11-21/h3,5-6,10-11H,2,4,7-9,12-20H2,1H3,(H2,25,26,27). The molecule has 1 aromatic rings. The predicted octanol–water partition coefficient (Wildman–Crippen LogP) is 3.08. The van der Waals surface area contributed by atoms with Crippen LogP contribution in [0.3, 0.4) is 0 Å². The van der Waals surface area contributed by atoms with Gasteiger partial charge in [-0.1, -0.05) is 36.8 Å². The molecule has 1 amide bonds. The molecule has 166 valence electrons. The molecule has 0 radical (unpaired) electrons. The Morgan fingerprint density at radius 1 is 1.13 bits per heavy atom. The quantitative estimate of drug-likeness (QED) is 0.390. The summed E-state index contributed by atoms with van der Waals surface area (Å²) in [5.74, 6) is 1.18. The first-order valence-electron chi connectivity index (χ1n) is 11.7. The second kappa shape index (κ2) is 11.9. The van der Waals surface area contributed by atoms with Crippen molar-refractivity contribution >= 4 is 11.9 Å². The molecule has 0 aliphatic carbocycles. The largest absolute Gasteiger partial charge is 0.381 e. The zero-order valence-electron chi connectivity index (χ0n) is 18.5. The molecule has 3 rings (SSSR count). The lowest BCUT2D eigenvalue weighted by Crippen LogP contribution is -2.42. The Labute approximate surface area is 181 Å². The van der Waals surface area contributed by atoms with Gasteiger partial charge in [0, 0.05) is 51.2 Å². The number of carbonyl (C=O) groups excluding carboxylic acids is 1. The normalized spacial score (nSPS) is 20.0. The summed E-state index contributed by atoms with van der Waals surface area (Å²) in [4.78, 5) is 19.1. The summed E-state index contributed by atoms with van der Waals surface area (Å²) in [6.07, 6.45) is 6.99. The molecule has 0 aromatic heterocycles. The van der Waals surface area contributed by atoms with E-state index in [1.807, 2.05) is 4.90 Å². The number of amides is 1. The van der Waals surface area contributed by atoms with E-state index in [1.54, 1.807) is 0 Å². The first-order chi connectivity index (χ1) is 14.7. The lowest BCUT2D eigenvalue weighted by atomic mass is 9.74. The fraction of sp³-hybridized carbons (Fsp3) is 0.667. The van der Waals surface area contributed by atoms with E-state index in [4.69, 9.17) is 9.73 Å². The summed E-state index contributed by atoms with van der Waals surface area (Å²) in [5.41, 5.74) is 1.40. The minimum absolute atomic E-state index is 0.0420. The molecule has 2 aliphatic heterocycles. The summed E-state index contributed by atoms with van der Waals surface area (Å²) in [5, 5.41) is 6.84. The molecular weight excluding hydrogens is 376 g/mol. The number of hydrogen-bond acceptors (Lipinski definition) is 3. The molecular formula is C24H38N4O2. The second-order valence-electron chi connectivity index (χ2n) is 8.43. The zero-order valence-corrected chi connectivity index (χ0v) is 18.5. The lowest BCUT2D eigenvalue weighted by molar-refractivity contribution is -0.130. The Bertz CT molecular complexity index is 671. The van der Waals surface area contributed by atoms with Crippen molar-refractivity contribution in [1.29, 1.82) is 0 Å². The van der Waals surface area contributed by atoms with E-state index >= 15 is 0 Å². The molecule has 2 saturated heterocycles. The van der Waals surface area contributed by atoms with Gasteiger partial charge in [-0.15, -0.1) is 0 Å². The van der Waals surface area contributed by atoms with E-state index < -0.39 is 0 Å². The Hall–Kier alpha value is -2.08. The summed E-state index contributed by atoms with van der Waals surface area (Å²) < 4.78 is 5.64. The van der Waals surface area contributed by atoms with E-state index in [9.17, 15) is 4.79 Å². The van der Waals surface area contributed by atoms with Gasteiger partial charge in [0.05, 0.1) is 6.54 Å². The van der Waals surface area contributed by atoms with E-state index in [2.05, 4.69) is 47.9 Å². The van der Waals surface area contributed by atoms with E-state index in [-0.39, 0.29) is 5.41 Å². The Morgan fingerprint density at radius 2 is 1.93 bits per heavy atom. The average molecular weight is 415 g/mol. The highest BCUT2D eigenvalue weighted by Gasteiger charge is 2.34. The number of likely N-dealkylation sites (tertiary alicyclic amines) is 1. The fourth-order valence-electron chi connectivity index (χ4n) is 4.42. The van der Waals surface area contributed by atoms with Crippen molar-refractivity contribution in [3.63, 3.8) is 0 Å². The summed E-state index contributed by atoms with van der Waals surface area (Å²) in [6.45, 7) is 7.81. The van der Waals surface area contributed by atoms with Gasteiger partial charge in [0.15, 0.2) is 5.96 Å². The van der Waals surface area contributed by atoms with Crippen LogP contribution in [-0.4, -0.2) is 62.7 Å². The van der Waals surface area contributed by atoms with Crippen LogP contribution in [0.1, 0.15) is 57.4 Å².